The molecule has 1 aliphatic rings. The van der Waals surface area contributed by atoms with Gasteiger partial charge in [0, 0.05) is 24.8 Å². The third-order valence-corrected chi connectivity index (χ3v) is 8.31. The molecule has 0 radical (unpaired) electrons. The van der Waals surface area contributed by atoms with Crippen LogP contribution in [0.4, 0.5) is 0 Å². The van der Waals surface area contributed by atoms with E-state index in [0.717, 1.165) is 24.1 Å². The standard InChI is InChI=1S/C24H31NO6.C6H6O3S/c1-25-11-9-17-13-21(30-4)22(31-5)14-18(17)24(25,10-8-23(26)27)15-16-6-7-19(28-2)20(12-16)29-3;7-10(8,9)6-4-2-1-3-5-6/h6-7,12-14H,8-11,15H2,1-5H3,(H,26,27);1-5H,(H,7,8,9). The molecule has 0 aliphatic carbocycles. The molecule has 2 atom stereocenters. The highest BCUT2D eigenvalue weighted by Crippen LogP contribution is 2.40. The minimum atomic E-state index is -4.25. The number of benzene rings is 3. The molecule has 2 unspecified atom stereocenters. The quantitative estimate of drug-likeness (QED) is 0.343. The Labute approximate surface area is 241 Å². The maximum Gasteiger partial charge on any atom is 0.303 e. The first-order valence-electron chi connectivity index (χ1n) is 13.0. The molecule has 0 saturated carbocycles. The zero-order valence-corrected chi connectivity index (χ0v) is 24.7. The average molecular weight is 588 g/mol. The average Bonchev–Trinajstić information content (AvgIpc) is 2.97. The third kappa shape index (κ3) is 7.49. The van der Waals surface area contributed by atoms with Gasteiger partial charge in [0.05, 0.1) is 53.3 Å². The summed E-state index contributed by atoms with van der Waals surface area (Å²) in [6, 6.07) is 17.1. The monoisotopic (exact) mass is 587 g/mol. The maximum atomic E-state index is 11.6. The molecule has 41 heavy (non-hydrogen) atoms. The molecule has 0 spiro atoms. The van der Waals surface area contributed by atoms with Gasteiger partial charge in [0.2, 0.25) is 0 Å². The van der Waals surface area contributed by atoms with Crippen LogP contribution in [-0.4, -0.2) is 66.1 Å². The molecule has 10 nitrogen and oxygen atoms in total. The van der Waals surface area contributed by atoms with Gasteiger partial charge in [0.25, 0.3) is 0 Å². The molecule has 3 aromatic rings. The smallest absolute Gasteiger partial charge is 0.303 e. The number of fused-ring (bicyclic) bond motifs is 1. The second-order valence-corrected chi connectivity index (χ2v) is 11.1. The summed E-state index contributed by atoms with van der Waals surface area (Å²) in [7, 11) is 4.37. The molecule has 0 saturated heterocycles. The number of rotatable bonds is 10. The molecule has 1 heterocycles. The predicted molar refractivity (Wildman–Crippen MR) is 151 cm³/mol. The summed E-state index contributed by atoms with van der Waals surface area (Å²) in [6.45, 7) is 0.898. The first-order valence-corrected chi connectivity index (χ1v) is 14.4. The molecular weight excluding hydrogens is 550 g/mol. The number of aliphatic carboxylic acids is 1. The van der Waals surface area contributed by atoms with Crippen LogP contribution in [0.3, 0.4) is 0 Å². The molecular formula is C30H37NO9S. The summed E-state index contributed by atoms with van der Waals surface area (Å²) in [5.74, 6) is 1.88. The van der Waals surface area contributed by atoms with E-state index in [9.17, 15) is 22.9 Å². The summed E-state index contributed by atoms with van der Waals surface area (Å²) in [6.07, 6.45) is 2.14. The Kier molecular flexibility index (Phi) is 10.6. The fourth-order valence-corrected chi connectivity index (χ4v) is 5.78. The fraction of sp³-hybridized carbons (Fsp3) is 0.367. The fourth-order valence-electron chi connectivity index (χ4n) is 5.29. The van der Waals surface area contributed by atoms with Crippen molar-refractivity contribution in [2.75, 3.05) is 42.0 Å². The lowest BCUT2D eigenvalue weighted by atomic mass is 9.73. The number of hydrogen-bond donors (Lipinski definition) is 2. The van der Waals surface area contributed by atoms with Gasteiger partial charge in [-0.05, 0) is 47.5 Å². The Morgan fingerprint density at radius 3 is 2.02 bits per heavy atom. The number of ether oxygens (including phenoxy) is 4. The van der Waals surface area contributed by atoms with Crippen LogP contribution in [0.15, 0.2) is 65.6 Å². The van der Waals surface area contributed by atoms with Gasteiger partial charge in [-0.3, -0.25) is 4.79 Å². The maximum absolute atomic E-state index is 11.6. The van der Waals surface area contributed by atoms with Crippen LogP contribution in [0.1, 0.15) is 29.5 Å². The largest absolute Gasteiger partial charge is 0.744 e. The van der Waals surface area contributed by atoms with E-state index < -0.39 is 21.6 Å². The predicted octanol–water partition coefficient (Wildman–Crippen LogP) is 2.69. The first kappa shape index (κ1) is 31.7. The molecule has 0 bridgehead atoms. The van der Waals surface area contributed by atoms with Crippen molar-refractivity contribution in [1.82, 2.24) is 0 Å². The van der Waals surface area contributed by atoms with E-state index in [2.05, 4.69) is 7.05 Å². The van der Waals surface area contributed by atoms with Gasteiger partial charge >= 0.3 is 5.97 Å². The van der Waals surface area contributed by atoms with Crippen LogP contribution >= 0.6 is 0 Å². The minimum Gasteiger partial charge on any atom is -0.744 e. The molecule has 222 valence electrons. The van der Waals surface area contributed by atoms with Gasteiger partial charge in [-0.2, -0.15) is 0 Å². The third-order valence-electron chi connectivity index (χ3n) is 7.46. The van der Waals surface area contributed by atoms with Gasteiger partial charge in [-0.1, -0.05) is 24.3 Å². The van der Waals surface area contributed by atoms with Gasteiger partial charge in [0.15, 0.2) is 23.0 Å². The van der Waals surface area contributed by atoms with E-state index in [1.165, 1.54) is 34.7 Å². The number of quaternary nitrogens is 1. The number of methoxy groups -OCH3 is 4. The van der Waals surface area contributed by atoms with Crippen LogP contribution in [0, 0.1) is 0 Å². The molecule has 0 fully saturated rings. The van der Waals surface area contributed by atoms with Crippen molar-refractivity contribution in [3.05, 3.63) is 77.4 Å². The summed E-state index contributed by atoms with van der Waals surface area (Å²) in [5, 5.41) is 9.50. The number of carbonyl (C=O) groups is 1. The molecule has 1 aliphatic heterocycles. The summed E-state index contributed by atoms with van der Waals surface area (Å²) in [4.78, 5) is 12.7. The summed E-state index contributed by atoms with van der Waals surface area (Å²) < 4.78 is 52.8. The molecule has 0 aromatic heterocycles. The number of nitrogens with one attached hydrogen (secondary N) is 1. The van der Waals surface area contributed by atoms with E-state index in [4.69, 9.17) is 18.9 Å². The van der Waals surface area contributed by atoms with Crippen molar-refractivity contribution in [2.45, 2.75) is 36.1 Å². The molecule has 3 aromatic carbocycles. The van der Waals surface area contributed by atoms with Crippen LogP contribution in [-0.2, 0) is 33.3 Å². The molecule has 2 N–H and O–H groups in total. The van der Waals surface area contributed by atoms with Gasteiger partial charge < -0.3 is 33.5 Å². The van der Waals surface area contributed by atoms with E-state index in [0.29, 0.717) is 35.8 Å². The van der Waals surface area contributed by atoms with Crippen molar-refractivity contribution in [2.24, 2.45) is 0 Å². The minimum absolute atomic E-state index is 0.0818. The van der Waals surface area contributed by atoms with Gasteiger partial charge in [0.1, 0.15) is 15.7 Å². The SMILES string of the molecule is COc1ccc(CC2(CCC(=O)O)c3cc(OC)c(OC)cc3CC[NH+]2C)cc1OC.O=S(=O)([O-])c1ccccc1. The highest BCUT2D eigenvalue weighted by molar-refractivity contribution is 7.85. The van der Waals surface area contributed by atoms with Crippen molar-refractivity contribution in [3.63, 3.8) is 0 Å². The van der Waals surface area contributed by atoms with Gasteiger partial charge in [-0.25, -0.2) is 8.42 Å². The lowest BCUT2D eigenvalue weighted by Crippen LogP contribution is -3.17. The second-order valence-electron chi connectivity index (χ2n) is 9.75. The van der Waals surface area contributed by atoms with E-state index in [1.807, 2.05) is 30.3 Å². The van der Waals surface area contributed by atoms with Crippen molar-refractivity contribution < 1.29 is 46.7 Å². The first-order chi connectivity index (χ1) is 19.5. The molecule has 0 amide bonds. The van der Waals surface area contributed by atoms with Crippen molar-refractivity contribution in [3.8, 4) is 23.0 Å². The Morgan fingerprint density at radius 2 is 1.49 bits per heavy atom. The second kappa shape index (κ2) is 13.7. The van der Waals surface area contributed by atoms with Crippen LogP contribution in [0.25, 0.3) is 0 Å². The highest BCUT2D eigenvalue weighted by Gasteiger charge is 2.45. The Balaban J connectivity index is 0.000000389. The van der Waals surface area contributed by atoms with Crippen LogP contribution in [0.2, 0.25) is 0 Å². The summed E-state index contributed by atoms with van der Waals surface area (Å²) in [5.41, 5.74) is 2.93. The zero-order chi connectivity index (χ0) is 30.2. The highest BCUT2D eigenvalue weighted by atomic mass is 32.2. The topological polar surface area (TPSA) is 136 Å². The molecule has 4 rings (SSSR count). The van der Waals surface area contributed by atoms with E-state index >= 15 is 0 Å². The van der Waals surface area contributed by atoms with Crippen molar-refractivity contribution >= 4 is 16.1 Å². The lowest BCUT2D eigenvalue weighted by Gasteiger charge is -2.44. The molecule has 11 heteroatoms. The number of carboxylic acids is 1. The number of likely N-dealkylation sites (N-methyl/N-ethyl adjacent to an activating group) is 1. The Bertz CT molecular complexity index is 1440. The van der Waals surface area contributed by atoms with Crippen LogP contribution in [0.5, 0.6) is 23.0 Å². The zero-order valence-electron chi connectivity index (χ0n) is 23.9. The van der Waals surface area contributed by atoms with Crippen LogP contribution < -0.4 is 23.8 Å². The Morgan fingerprint density at radius 1 is 0.902 bits per heavy atom. The van der Waals surface area contributed by atoms with Gasteiger partial charge in [-0.15, -0.1) is 0 Å². The number of hydrogen-bond acceptors (Lipinski definition) is 8. The Hall–Kier alpha value is -3.80. The van der Waals surface area contributed by atoms with Crippen molar-refractivity contribution in [1.29, 1.82) is 0 Å². The lowest BCUT2D eigenvalue weighted by molar-refractivity contribution is -0.946. The normalized spacial score (nSPS) is 17.9. The van der Waals surface area contributed by atoms with E-state index in [1.54, 1.807) is 34.5 Å². The summed E-state index contributed by atoms with van der Waals surface area (Å²) >= 11 is 0. The number of carboxylic acid groups (broad SMARTS) is 1. The van der Waals surface area contributed by atoms with E-state index in [-0.39, 0.29) is 11.3 Å².